The summed E-state index contributed by atoms with van der Waals surface area (Å²) in [5, 5.41) is 16.5. The summed E-state index contributed by atoms with van der Waals surface area (Å²) in [5.41, 5.74) is 2.50. The Balaban J connectivity index is 1.35. The third kappa shape index (κ3) is 5.30. The van der Waals surface area contributed by atoms with Crippen LogP contribution >= 0.6 is 0 Å². The SMILES string of the molecule is NS(=O)(=O)c1ccc(CCNC(=O)c2ccc(Cn3nnc4ccccc4c3=O)cc2)cc1. The van der Waals surface area contributed by atoms with E-state index in [4.69, 9.17) is 5.14 Å². The fourth-order valence-corrected chi connectivity index (χ4v) is 3.85. The van der Waals surface area contributed by atoms with Crippen LogP contribution in [0.25, 0.3) is 10.9 Å². The van der Waals surface area contributed by atoms with Crippen molar-refractivity contribution < 1.29 is 13.2 Å². The minimum absolute atomic E-state index is 0.0484. The Morgan fingerprint density at radius 2 is 1.61 bits per heavy atom. The molecule has 3 N–H and O–H groups in total. The van der Waals surface area contributed by atoms with Crippen molar-refractivity contribution in [2.24, 2.45) is 5.14 Å². The van der Waals surface area contributed by atoms with E-state index in [1.165, 1.54) is 16.8 Å². The number of benzene rings is 3. The van der Waals surface area contributed by atoms with Gasteiger partial charge in [0.25, 0.3) is 11.5 Å². The van der Waals surface area contributed by atoms with Crippen molar-refractivity contribution in [3.8, 4) is 0 Å². The summed E-state index contributed by atoms with van der Waals surface area (Å²) in [6.07, 6.45) is 0.540. The van der Waals surface area contributed by atoms with Gasteiger partial charge in [-0.05, 0) is 53.9 Å². The van der Waals surface area contributed by atoms with Crippen LogP contribution in [0.15, 0.2) is 82.5 Å². The number of nitrogens with one attached hydrogen (secondary N) is 1. The molecule has 0 aliphatic heterocycles. The van der Waals surface area contributed by atoms with Gasteiger partial charge in [-0.25, -0.2) is 18.2 Å². The molecule has 3 aromatic carbocycles. The van der Waals surface area contributed by atoms with Crippen LogP contribution in [0.1, 0.15) is 21.5 Å². The van der Waals surface area contributed by atoms with Gasteiger partial charge in [0.2, 0.25) is 10.0 Å². The number of nitrogens with zero attached hydrogens (tertiary/aromatic N) is 3. The molecule has 0 aliphatic carbocycles. The van der Waals surface area contributed by atoms with Gasteiger partial charge in [-0.2, -0.15) is 0 Å². The van der Waals surface area contributed by atoms with Crippen molar-refractivity contribution >= 4 is 26.8 Å². The summed E-state index contributed by atoms with van der Waals surface area (Å²) in [5.74, 6) is -0.231. The Hall–Kier alpha value is -3.89. The van der Waals surface area contributed by atoms with E-state index >= 15 is 0 Å². The number of hydrogen-bond donors (Lipinski definition) is 2. The van der Waals surface area contributed by atoms with E-state index in [0.29, 0.717) is 29.4 Å². The molecule has 0 unspecified atom stereocenters. The maximum absolute atomic E-state index is 12.6. The Morgan fingerprint density at radius 1 is 0.939 bits per heavy atom. The lowest BCUT2D eigenvalue weighted by Crippen LogP contribution is -2.26. The van der Waals surface area contributed by atoms with E-state index in [1.54, 1.807) is 60.7 Å². The minimum Gasteiger partial charge on any atom is -0.352 e. The standard InChI is InChI=1S/C23H21N5O4S/c24-33(31,32)19-11-7-16(8-12-19)13-14-25-22(29)18-9-5-17(6-10-18)15-28-23(30)20-3-1-2-4-21(20)26-27-28/h1-12H,13-15H2,(H,25,29)(H2,24,31,32). The number of sulfonamides is 1. The topological polar surface area (TPSA) is 137 Å². The smallest absolute Gasteiger partial charge is 0.277 e. The summed E-state index contributed by atoms with van der Waals surface area (Å²) in [6, 6.07) is 20.2. The van der Waals surface area contributed by atoms with Crippen molar-refractivity contribution in [3.63, 3.8) is 0 Å². The van der Waals surface area contributed by atoms with Crippen LogP contribution in [0.2, 0.25) is 0 Å². The molecule has 9 nitrogen and oxygen atoms in total. The first-order valence-corrected chi connectivity index (χ1v) is 11.7. The number of fused-ring (bicyclic) bond motifs is 1. The van der Waals surface area contributed by atoms with Crippen molar-refractivity contribution in [2.45, 2.75) is 17.9 Å². The Bertz CT molecular complexity index is 1460. The molecule has 0 radical (unpaired) electrons. The monoisotopic (exact) mass is 463 g/mol. The van der Waals surface area contributed by atoms with Gasteiger partial charge in [0, 0.05) is 12.1 Å². The van der Waals surface area contributed by atoms with Crippen molar-refractivity contribution in [2.75, 3.05) is 6.54 Å². The number of rotatable bonds is 7. The third-order valence-electron chi connectivity index (χ3n) is 5.13. The van der Waals surface area contributed by atoms with Crippen LogP contribution in [0, 0.1) is 0 Å². The lowest BCUT2D eigenvalue weighted by Gasteiger charge is -2.08. The first-order chi connectivity index (χ1) is 15.8. The molecule has 4 aromatic rings. The minimum atomic E-state index is -3.72. The van der Waals surface area contributed by atoms with Crippen LogP contribution in [0.3, 0.4) is 0 Å². The van der Waals surface area contributed by atoms with E-state index in [0.717, 1.165) is 11.1 Å². The summed E-state index contributed by atoms with van der Waals surface area (Å²) in [7, 11) is -3.72. The molecule has 33 heavy (non-hydrogen) atoms. The first kappa shape index (κ1) is 22.3. The van der Waals surface area contributed by atoms with E-state index in [-0.39, 0.29) is 22.9 Å². The van der Waals surface area contributed by atoms with Crippen LogP contribution < -0.4 is 16.0 Å². The molecule has 0 saturated carbocycles. The highest BCUT2D eigenvalue weighted by atomic mass is 32.2. The molecule has 0 atom stereocenters. The fraction of sp³-hybridized carbons (Fsp3) is 0.130. The van der Waals surface area contributed by atoms with E-state index in [9.17, 15) is 18.0 Å². The molecule has 0 saturated heterocycles. The van der Waals surface area contributed by atoms with E-state index < -0.39 is 10.0 Å². The fourth-order valence-electron chi connectivity index (χ4n) is 3.33. The number of nitrogens with two attached hydrogens (primary N) is 1. The summed E-state index contributed by atoms with van der Waals surface area (Å²) in [4.78, 5) is 25.0. The van der Waals surface area contributed by atoms with Crippen LogP contribution in [-0.4, -0.2) is 35.9 Å². The molecule has 4 rings (SSSR count). The molecule has 1 aromatic heterocycles. The van der Waals surface area contributed by atoms with Crippen LogP contribution in [0.5, 0.6) is 0 Å². The summed E-state index contributed by atoms with van der Waals surface area (Å²) >= 11 is 0. The lowest BCUT2D eigenvalue weighted by molar-refractivity contribution is 0.0954. The quantitative estimate of drug-likeness (QED) is 0.426. The number of hydrogen-bond acceptors (Lipinski definition) is 6. The average molecular weight is 464 g/mol. The van der Waals surface area contributed by atoms with Gasteiger partial charge in [0.1, 0.15) is 5.52 Å². The molecule has 0 aliphatic rings. The molecule has 168 valence electrons. The maximum atomic E-state index is 12.6. The maximum Gasteiger partial charge on any atom is 0.277 e. The lowest BCUT2D eigenvalue weighted by atomic mass is 10.1. The second kappa shape index (κ2) is 9.31. The molecule has 0 spiro atoms. The van der Waals surface area contributed by atoms with Gasteiger partial charge >= 0.3 is 0 Å². The second-order valence-electron chi connectivity index (χ2n) is 7.46. The van der Waals surface area contributed by atoms with E-state index in [1.807, 2.05) is 0 Å². The molecular weight excluding hydrogens is 442 g/mol. The van der Waals surface area contributed by atoms with Gasteiger partial charge in [-0.15, -0.1) is 5.10 Å². The highest BCUT2D eigenvalue weighted by Crippen LogP contribution is 2.10. The second-order valence-corrected chi connectivity index (χ2v) is 9.02. The van der Waals surface area contributed by atoms with Gasteiger partial charge in [0.05, 0.1) is 16.8 Å². The predicted molar refractivity (Wildman–Crippen MR) is 123 cm³/mol. The summed E-state index contributed by atoms with van der Waals surface area (Å²) < 4.78 is 23.9. The number of carbonyl (C=O) groups excluding carboxylic acids is 1. The van der Waals surface area contributed by atoms with E-state index in [2.05, 4.69) is 15.6 Å². The van der Waals surface area contributed by atoms with Crippen LogP contribution in [-0.2, 0) is 23.0 Å². The zero-order valence-electron chi connectivity index (χ0n) is 17.5. The van der Waals surface area contributed by atoms with Gasteiger partial charge in [-0.3, -0.25) is 9.59 Å². The van der Waals surface area contributed by atoms with Crippen molar-refractivity contribution in [1.29, 1.82) is 0 Å². The number of aromatic nitrogens is 3. The largest absolute Gasteiger partial charge is 0.352 e. The van der Waals surface area contributed by atoms with Crippen molar-refractivity contribution in [1.82, 2.24) is 20.3 Å². The normalized spacial score (nSPS) is 11.4. The zero-order valence-corrected chi connectivity index (χ0v) is 18.3. The molecule has 1 amide bonds. The summed E-state index contributed by atoms with van der Waals surface area (Å²) in [6.45, 7) is 0.629. The average Bonchev–Trinajstić information content (AvgIpc) is 2.81. The van der Waals surface area contributed by atoms with Gasteiger partial charge in [-0.1, -0.05) is 41.6 Å². The van der Waals surface area contributed by atoms with Crippen molar-refractivity contribution in [3.05, 3.63) is 99.8 Å². The van der Waals surface area contributed by atoms with Gasteiger partial charge in [0.15, 0.2) is 0 Å². The zero-order chi connectivity index (χ0) is 23.4. The molecule has 10 heteroatoms. The van der Waals surface area contributed by atoms with Gasteiger partial charge < -0.3 is 5.32 Å². The Morgan fingerprint density at radius 3 is 2.30 bits per heavy atom. The molecular formula is C23H21N5O4S. The number of carbonyl (C=O) groups is 1. The Kier molecular flexibility index (Phi) is 6.29. The Labute approximate surface area is 189 Å². The number of primary sulfonamides is 1. The predicted octanol–water partition coefficient (Wildman–Crippen LogP) is 1.46. The van der Waals surface area contributed by atoms with Crippen LogP contribution in [0.4, 0.5) is 0 Å². The number of amides is 1. The first-order valence-electron chi connectivity index (χ1n) is 10.1. The molecule has 0 bridgehead atoms. The molecule has 0 fully saturated rings. The highest BCUT2D eigenvalue weighted by Gasteiger charge is 2.09. The molecule has 1 heterocycles. The highest BCUT2D eigenvalue weighted by molar-refractivity contribution is 7.89. The third-order valence-corrected chi connectivity index (χ3v) is 6.06.